The van der Waals surface area contributed by atoms with Crippen LogP contribution in [0.4, 0.5) is 18.0 Å². The zero-order valence-corrected chi connectivity index (χ0v) is 12.5. The first-order valence-electron chi connectivity index (χ1n) is 6.94. The fraction of sp³-hybridized carbons (Fsp3) is 0.846. The van der Waals surface area contributed by atoms with E-state index < -0.39 is 23.7 Å². The van der Waals surface area contributed by atoms with Gasteiger partial charge in [0.15, 0.2) is 0 Å². The molecule has 5 nitrogen and oxygen atoms in total. The number of carbonyl (C=O) groups is 2. The number of carbonyl (C=O) groups excluding carboxylic acids is 1. The Morgan fingerprint density at radius 2 is 1.81 bits per heavy atom. The molecule has 3 N–H and O–H groups in total. The van der Waals surface area contributed by atoms with E-state index in [1.165, 1.54) is 5.32 Å². The van der Waals surface area contributed by atoms with Crippen molar-refractivity contribution >= 4 is 12.0 Å². The highest BCUT2D eigenvalue weighted by Crippen LogP contribution is 2.30. The molecule has 0 heterocycles. The fourth-order valence-electron chi connectivity index (χ4n) is 1.70. The van der Waals surface area contributed by atoms with Crippen LogP contribution in [0.5, 0.6) is 0 Å². The van der Waals surface area contributed by atoms with Gasteiger partial charge in [-0.2, -0.15) is 13.2 Å². The molecule has 0 aromatic carbocycles. The zero-order valence-electron chi connectivity index (χ0n) is 12.5. The SMILES string of the molecule is CCCCC(CC)CNC(=O)NC(C)(C(=O)O)C(F)(F)F. The number of aliphatic carboxylic acids is 1. The van der Waals surface area contributed by atoms with Crippen LogP contribution >= 0.6 is 0 Å². The lowest BCUT2D eigenvalue weighted by Gasteiger charge is -2.28. The summed E-state index contributed by atoms with van der Waals surface area (Å²) in [6.07, 6.45) is -1.47. The van der Waals surface area contributed by atoms with Crippen LogP contribution in [0.2, 0.25) is 0 Å². The number of urea groups is 1. The van der Waals surface area contributed by atoms with Crippen molar-refractivity contribution in [3.8, 4) is 0 Å². The van der Waals surface area contributed by atoms with E-state index in [0.29, 0.717) is 6.92 Å². The third-order valence-electron chi connectivity index (χ3n) is 3.45. The van der Waals surface area contributed by atoms with Gasteiger partial charge in [0.1, 0.15) is 0 Å². The first-order valence-corrected chi connectivity index (χ1v) is 6.94. The molecule has 0 saturated carbocycles. The first kappa shape index (κ1) is 19.5. The molecule has 0 fully saturated rings. The number of carboxylic acids is 1. The quantitative estimate of drug-likeness (QED) is 0.645. The van der Waals surface area contributed by atoms with Gasteiger partial charge in [0.25, 0.3) is 0 Å². The highest BCUT2D eigenvalue weighted by Gasteiger charge is 2.58. The van der Waals surface area contributed by atoms with Gasteiger partial charge >= 0.3 is 18.2 Å². The van der Waals surface area contributed by atoms with E-state index in [1.807, 2.05) is 13.8 Å². The van der Waals surface area contributed by atoms with Crippen molar-refractivity contribution in [1.82, 2.24) is 10.6 Å². The summed E-state index contributed by atoms with van der Waals surface area (Å²) >= 11 is 0. The van der Waals surface area contributed by atoms with Gasteiger partial charge in [0.2, 0.25) is 5.54 Å². The molecule has 0 bridgehead atoms. The maximum atomic E-state index is 12.7. The Labute approximate surface area is 122 Å². The first-order chi connectivity index (χ1) is 9.58. The van der Waals surface area contributed by atoms with Crippen molar-refractivity contribution in [2.75, 3.05) is 6.54 Å². The van der Waals surface area contributed by atoms with E-state index in [-0.39, 0.29) is 12.5 Å². The Kier molecular flexibility index (Phi) is 7.52. The molecular weight excluding hydrogens is 289 g/mol. The number of amides is 2. The minimum absolute atomic E-state index is 0.165. The van der Waals surface area contributed by atoms with Gasteiger partial charge in [-0.15, -0.1) is 0 Å². The molecule has 0 aromatic rings. The normalized spacial score (nSPS) is 15.9. The Bertz CT molecular complexity index is 361. The second-order valence-electron chi connectivity index (χ2n) is 5.18. The van der Waals surface area contributed by atoms with E-state index >= 15 is 0 Å². The number of carboxylic acid groups (broad SMARTS) is 1. The van der Waals surface area contributed by atoms with Gasteiger partial charge in [0, 0.05) is 6.54 Å². The number of rotatable bonds is 8. The predicted molar refractivity (Wildman–Crippen MR) is 71.9 cm³/mol. The van der Waals surface area contributed by atoms with Gasteiger partial charge in [-0.25, -0.2) is 9.59 Å². The van der Waals surface area contributed by atoms with Crippen molar-refractivity contribution in [2.24, 2.45) is 5.92 Å². The molecule has 2 amide bonds. The average Bonchev–Trinajstić information content (AvgIpc) is 2.37. The van der Waals surface area contributed by atoms with Crippen molar-refractivity contribution in [3.05, 3.63) is 0 Å². The van der Waals surface area contributed by atoms with E-state index in [4.69, 9.17) is 5.11 Å². The second-order valence-corrected chi connectivity index (χ2v) is 5.18. The molecule has 0 saturated heterocycles. The Balaban J connectivity index is 4.56. The van der Waals surface area contributed by atoms with Crippen LogP contribution in [0.1, 0.15) is 46.5 Å². The van der Waals surface area contributed by atoms with Crippen LogP contribution < -0.4 is 10.6 Å². The van der Waals surface area contributed by atoms with Crippen molar-refractivity contribution in [2.45, 2.75) is 58.2 Å². The van der Waals surface area contributed by atoms with Gasteiger partial charge in [-0.05, 0) is 19.3 Å². The molecule has 21 heavy (non-hydrogen) atoms. The molecule has 0 aliphatic rings. The number of halogens is 3. The summed E-state index contributed by atoms with van der Waals surface area (Å²) in [5.74, 6) is -1.99. The van der Waals surface area contributed by atoms with Crippen molar-refractivity contribution in [1.29, 1.82) is 0 Å². The summed E-state index contributed by atoms with van der Waals surface area (Å²) in [5, 5.41) is 12.5. The number of unbranched alkanes of at least 4 members (excludes halogenated alkanes) is 1. The van der Waals surface area contributed by atoms with Crippen LogP contribution in [-0.4, -0.2) is 35.4 Å². The lowest BCUT2D eigenvalue weighted by atomic mass is 9.99. The molecule has 0 aliphatic carbocycles. The average molecular weight is 312 g/mol. The zero-order chi connectivity index (χ0) is 16.7. The van der Waals surface area contributed by atoms with E-state index in [0.717, 1.165) is 25.7 Å². The van der Waals surface area contributed by atoms with Gasteiger partial charge < -0.3 is 15.7 Å². The maximum Gasteiger partial charge on any atom is 0.422 e. The van der Waals surface area contributed by atoms with Crippen LogP contribution in [0, 0.1) is 5.92 Å². The van der Waals surface area contributed by atoms with Crippen LogP contribution in [-0.2, 0) is 4.79 Å². The Morgan fingerprint density at radius 1 is 1.24 bits per heavy atom. The predicted octanol–water partition coefficient (Wildman–Crippen LogP) is 2.91. The van der Waals surface area contributed by atoms with Crippen LogP contribution in [0.25, 0.3) is 0 Å². The van der Waals surface area contributed by atoms with Gasteiger partial charge in [-0.3, -0.25) is 0 Å². The van der Waals surface area contributed by atoms with Crippen LogP contribution in [0.15, 0.2) is 0 Å². The molecule has 0 radical (unpaired) electrons. The smallest absolute Gasteiger partial charge is 0.422 e. The van der Waals surface area contributed by atoms with E-state index in [1.54, 1.807) is 0 Å². The summed E-state index contributed by atoms with van der Waals surface area (Å²) in [5.41, 5.74) is -3.30. The molecule has 0 rings (SSSR count). The number of alkyl halides is 3. The maximum absolute atomic E-state index is 12.7. The minimum Gasteiger partial charge on any atom is -0.479 e. The Morgan fingerprint density at radius 3 is 2.19 bits per heavy atom. The standard InChI is InChI=1S/C13H23F3N2O3/c1-4-6-7-9(5-2)8-17-11(21)18-12(3,10(19)20)13(14,15)16/h9H,4-8H2,1-3H3,(H,19,20)(H2,17,18,21). The fourth-order valence-corrected chi connectivity index (χ4v) is 1.70. The molecule has 124 valence electrons. The molecule has 2 unspecified atom stereocenters. The summed E-state index contributed by atoms with van der Waals surface area (Å²) in [6.45, 7) is 4.59. The lowest BCUT2D eigenvalue weighted by Crippen LogP contribution is -2.63. The van der Waals surface area contributed by atoms with E-state index in [9.17, 15) is 22.8 Å². The molecule has 0 spiro atoms. The highest BCUT2D eigenvalue weighted by atomic mass is 19.4. The topological polar surface area (TPSA) is 78.4 Å². The Hall–Kier alpha value is -1.47. The third kappa shape index (κ3) is 5.81. The van der Waals surface area contributed by atoms with E-state index in [2.05, 4.69) is 5.32 Å². The summed E-state index contributed by atoms with van der Waals surface area (Å²) < 4.78 is 38.2. The highest BCUT2D eigenvalue weighted by molar-refractivity contribution is 5.86. The molecule has 0 aromatic heterocycles. The molecule has 0 aliphatic heterocycles. The largest absolute Gasteiger partial charge is 0.479 e. The van der Waals surface area contributed by atoms with Gasteiger partial charge in [0.05, 0.1) is 0 Å². The molecule has 8 heteroatoms. The van der Waals surface area contributed by atoms with Crippen LogP contribution in [0.3, 0.4) is 0 Å². The lowest BCUT2D eigenvalue weighted by molar-refractivity contribution is -0.203. The number of nitrogens with one attached hydrogen (secondary N) is 2. The summed E-state index contributed by atoms with van der Waals surface area (Å²) in [7, 11) is 0. The van der Waals surface area contributed by atoms with Crippen molar-refractivity contribution < 1.29 is 27.9 Å². The minimum atomic E-state index is -5.08. The summed E-state index contributed by atoms with van der Waals surface area (Å²) in [4.78, 5) is 22.3. The van der Waals surface area contributed by atoms with Crippen molar-refractivity contribution in [3.63, 3.8) is 0 Å². The second kappa shape index (κ2) is 8.09. The monoisotopic (exact) mass is 312 g/mol. The number of hydrogen-bond acceptors (Lipinski definition) is 2. The number of hydrogen-bond donors (Lipinski definition) is 3. The third-order valence-corrected chi connectivity index (χ3v) is 3.45. The van der Waals surface area contributed by atoms with Gasteiger partial charge in [-0.1, -0.05) is 33.1 Å². The molecule has 2 atom stereocenters. The summed E-state index contributed by atoms with van der Waals surface area (Å²) in [6, 6.07) is -1.13. The molecular formula is C13H23F3N2O3.